The summed E-state index contributed by atoms with van der Waals surface area (Å²) in [5.41, 5.74) is 1.68. The van der Waals surface area contributed by atoms with Crippen LogP contribution in [-0.2, 0) is 20.0 Å². The molecule has 0 unspecified atom stereocenters. The van der Waals surface area contributed by atoms with Crippen LogP contribution in [0.25, 0.3) is 0 Å². The lowest BCUT2D eigenvalue weighted by Crippen LogP contribution is -2.25. The van der Waals surface area contributed by atoms with Gasteiger partial charge in [0, 0.05) is 6.54 Å². The lowest BCUT2D eigenvalue weighted by atomic mass is 10.2. The predicted molar refractivity (Wildman–Crippen MR) is 98.9 cm³/mol. The van der Waals surface area contributed by atoms with Gasteiger partial charge in [-0.3, -0.25) is 9.03 Å². The van der Waals surface area contributed by atoms with Gasteiger partial charge in [0.15, 0.2) is 0 Å². The van der Waals surface area contributed by atoms with Gasteiger partial charge in [-0.15, -0.1) is 0 Å². The van der Waals surface area contributed by atoms with E-state index < -0.39 is 25.9 Å². The Hall–Kier alpha value is -2.13. The minimum Gasteiger partial charge on any atom is -0.279 e. The molecule has 1 fully saturated rings. The largest absolute Gasteiger partial charge is 0.279 e. The molecule has 3 rings (SSSR count). The molecule has 1 aliphatic rings. The average Bonchev–Trinajstić information content (AvgIpc) is 2.91. The summed E-state index contributed by atoms with van der Waals surface area (Å²) in [7, 11) is -7.18. The molecule has 1 saturated heterocycles. The fraction of sp³-hybridized carbons (Fsp3) is 0.294. The molecule has 0 aromatic heterocycles. The Morgan fingerprint density at radius 1 is 1.08 bits per heavy atom. The first-order valence-electron chi connectivity index (χ1n) is 8.00. The van der Waals surface area contributed by atoms with Crippen LogP contribution in [0.5, 0.6) is 0 Å². The summed E-state index contributed by atoms with van der Waals surface area (Å²) in [5.74, 6) is -0.360. The minimum atomic E-state index is -3.88. The van der Waals surface area contributed by atoms with Gasteiger partial charge in [-0.2, -0.15) is 0 Å². The van der Waals surface area contributed by atoms with Gasteiger partial charge in [0.05, 0.1) is 22.0 Å². The number of benzene rings is 2. The first-order valence-corrected chi connectivity index (χ1v) is 11.1. The summed E-state index contributed by atoms with van der Waals surface area (Å²) in [4.78, 5) is -0.0398. The summed E-state index contributed by atoms with van der Waals surface area (Å²) in [6, 6.07) is 8.31. The highest BCUT2D eigenvalue weighted by molar-refractivity contribution is 7.93. The number of hydrogen-bond donors (Lipinski definition) is 1. The van der Waals surface area contributed by atoms with Crippen LogP contribution in [0.2, 0.25) is 0 Å². The Kier molecular flexibility index (Phi) is 4.70. The van der Waals surface area contributed by atoms with Crippen LogP contribution in [0.3, 0.4) is 0 Å². The third kappa shape index (κ3) is 3.54. The van der Waals surface area contributed by atoms with Gasteiger partial charge in [-0.1, -0.05) is 0 Å². The molecule has 0 radical (unpaired) electrons. The average molecular weight is 398 g/mol. The molecule has 1 aliphatic heterocycles. The molecule has 6 nitrogen and oxygen atoms in total. The minimum absolute atomic E-state index is 0.0398. The van der Waals surface area contributed by atoms with E-state index in [0.717, 1.165) is 6.07 Å². The molecule has 0 spiro atoms. The monoisotopic (exact) mass is 398 g/mol. The quantitative estimate of drug-likeness (QED) is 0.858. The highest BCUT2D eigenvalue weighted by atomic mass is 32.2. The molecule has 0 aliphatic carbocycles. The van der Waals surface area contributed by atoms with E-state index in [-0.39, 0.29) is 16.2 Å². The number of nitrogens with one attached hydrogen (secondary N) is 1. The third-order valence-corrected chi connectivity index (χ3v) is 7.51. The smallest absolute Gasteiger partial charge is 0.261 e. The van der Waals surface area contributed by atoms with Gasteiger partial charge in [-0.25, -0.2) is 21.2 Å². The molecule has 0 amide bonds. The molecule has 1 heterocycles. The zero-order valence-corrected chi connectivity index (χ0v) is 16.0. The lowest BCUT2D eigenvalue weighted by molar-refractivity contribution is 0.596. The molecule has 0 bridgehead atoms. The predicted octanol–water partition coefficient (Wildman–Crippen LogP) is 2.78. The Morgan fingerprint density at radius 3 is 2.38 bits per heavy atom. The lowest BCUT2D eigenvalue weighted by Gasteiger charge is -2.19. The van der Waals surface area contributed by atoms with E-state index in [9.17, 15) is 21.2 Å². The maximum Gasteiger partial charge on any atom is 0.261 e. The van der Waals surface area contributed by atoms with Crippen LogP contribution in [-0.4, -0.2) is 29.1 Å². The summed E-state index contributed by atoms with van der Waals surface area (Å²) in [5, 5.41) is 0. The number of rotatable bonds is 4. The number of nitrogens with zero attached hydrogens (tertiary/aromatic N) is 1. The van der Waals surface area contributed by atoms with E-state index in [4.69, 9.17) is 0 Å². The van der Waals surface area contributed by atoms with Gasteiger partial charge in [0.1, 0.15) is 5.82 Å². The van der Waals surface area contributed by atoms with Crippen LogP contribution in [0, 0.1) is 19.7 Å². The molecule has 140 valence electrons. The number of sulfonamides is 2. The van der Waals surface area contributed by atoms with Crippen molar-refractivity contribution in [3.63, 3.8) is 0 Å². The van der Waals surface area contributed by atoms with E-state index in [2.05, 4.69) is 4.72 Å². The van der Waals surface area contributed by atoms with Gasteiger partial charge in [0.2, 0.25) is 10.0 Å². The second kappa shape index (κ2) is 6.55. The summed E-state index contributed by atoms with van der Waals surface area (Å²) >= 11 is 0. The maximum absolute atomic E-state index is 13.4. The zero-order chi connectivity index (χ0) is 19.1. The van der Waals surface area contributed by atoms with Gasteiger partial charge < -0.3 is 0 Å². The molecule has 1 N–H and O–H groups in total. The standard InChI is InChI=1S/C17H19FN2O4S2/c1-12-11-15(5-6-16(12)18)26(23,24)19-17-7-4-14(10-13(17)2)20-8-3-9-25(20,21)22/h4-7,10-11,19H,3,8-9H2,1-2H3. The topological polar surface area (TPSA) is 83.6 Å². The molecule has 0 atom stereocenters. The highest BCUT2D eigenvalue weighted by Crippen LogP contribution is 2.29. The summed E-state index contributed by atoms with van der Waals surface area (Å²) < 4.78 is 66.2. The first-order chi connectivity index (χ1) is 12.1. The summed E-state index contributed by atoms with van der Waals surface area (Å²) in [6.45, 7) is 3.60. The Bertz CT molecular complexity index is 1070. The van der Waals surface area contributed by atoms with Gasteiger partial charge in [0.25, 0.3) is 10.0 Å². The SMILES string of the molecule is Cc1cc(S(=O)(=O)Nc2ccc(N3CCCS3(=O)=O)cc2C)ccc1F. The van der Waals surface area contributed by atoms with Crippen LogP contribution in [0.15, 0.2) is 41.3 Å². The number of anilines is 2. The first kappa shape index (κ1) is 18.7. The Morgan fingerprint density at radius 2 is 1.81 bits per heavy atom. The van der Waals surface area contributed by atoms with Crippen molar-refractivity contribution in [1.29, 1.82) is 0 Å². The number of halogens is 1. The van der Waals surface area contributed by atoms with Gasteiger partial charge >= 0.3 is 0 Å². The van der Waals surface area contributed by atoms with Crippen molar-refractivity contribution < 1.29 is 21.2 Å². The van der Waals surface area contributed by atoms with Crippen LogP contribution >= 0.6 is 0 Å². The summed E-state index contributed by atoms with van der Waals surface area (Å²) in [6.07, 6.45) is 0.569. The van der Waals surface area contributed by atoms with Crippen molar-refractivity contribution in [2.45, 2.75) is 25.2 Å². The van der Waals surface area contributed by atoms with Crippen LogP contribution in [0.4, 0.5) is 15.8 Å². The van der Waals surface area contributed by atoms with Crippen molar-refractivity contribution >= 4 is 31.4 Å². The fourth-order valence-electron chi connectivity index (χ4n) is 2.84. The number of hydrogen-bond acceptors (Lipinski definition) is 4. The van der Waals surface area contributed by atoms with Crippen molar-refractivity contribution in [2.75, 3.05) is 21.3 Å². The van der Waals surface area contributed by atoms with Crippen molar-refractivity contribution in [1.82, 2.24) is 0 Å². The maximum atomic E-state index is 13.4. The van der Waals surface area contributed by atoms with E-state index in [0.29, 0.717) is 29.9 Å². The van der Waals surface area contributed by atoms with Crippen molar-refractivity contribution in [3.05, 3.63) is 53.3 Å². The third-order valence-electron chi connectivity index (χ3n) is 4.28. The molecule has 9 heteroatoms. The Labute approximate surface area is 152 Å². The van der Waals surface area contributed by atoms with E-state index in [1.54, 1.807) is 19.1 Å². The van der Waals surface area contributed by atoms with Crippen molar-refractivity contribution in [3.8, 4) is 0 Å². The molecule has 0 saturated carbocycles. The van der Waals surface area contributed by atoms with E-state index >= 15 is 0 Å². The van der Waals surface area contributed by atoms with Crippen LogP contribution in [0.1, 0.15) is 17.5 Å². The van der Waals surface area contributed by atoms with Gasteiger partial charge in [-0.05, 0) is 67.8 Å². The highest BCUT2D eigenvalue weighted by Gasteiger charge is 2.28. The normalized spacial score (nSPS) is 16.7. The molecular weight excluding hydrogens is 379 g/mol. The fourth-order valence-corrected chi connectivity index (χ4v) is 5.61. The second-order valence-electron chi connectivity index (χ2n) is 6.26. The molecule has 2 aromatic rings. The molecule has 26 heavy (non-hydrogen) atoms. The number of aryl methyl sites for hydroxylation is 2. The molecule has 2 aromatic carbocycles. The second-order valence-corrected chi connectivity index (χ2v) is 9.95. The van der Waals surface area contributed by atoms with E-state index in [1.165, 1.54) is 29.4 Å². The zero-order valence-electron chi connectivity index (χ0n) is 14.4. The van der Waals surface area contributed by atoms with E-state index in [1.807, 2.05) is 0 Å². The Balaban J connectivity index is 1.89. The molecular formula is C17H19FN2O4S2. The van der Waals surface area contributed by atoms with Crippen LogP contribution < -0.4 is 9.03 Å². The van der Waals surface area contributed by atoms with Crippen molar-refractivity contribution in [2.24, 2.45) is 0 Å².